The van der Waals surface area contributed by atoms with Crippen LogP contribution in [-0.2, 0) is 0 Å². The van der Waals surface area contributed by atoms with Crippen LogP contribution in [0.25, 0.3) is 11.0 Å². The maximum absolute atomic E-state index is 4.82. The van der Waals surface area contributed by atoms with Crippen LogP contribution in [0.4, 0.5) is 5.82 Å². The number of hydrogen-bond donors (Lipinski definition) is 1. The molecule has 2 aliphatic rings. The second-order valence-electron chi connectivity index (χ2n) is 5.09. The van der Waals surface area contributed by atoms with Crippen LogP contribution in [0.3, 0.4) is 0 Å². The minimum absolute atomic E-state index is 0.579. The number of anilines is 1. The van der Waals surface area contributed by atoms with Gasteiger partial charge in [-0.25, -0.2) is 9.97 Å². The number of benzene rings is 1. The molecule has 17 heavy (non-hydrogen) atoms. The van der Waals surface area contributed by atoms with Gasteiger partial charge in [-0.15, -0.1) is 0 Å². The fraction of sp³-hybridized carbons (Fsp3) is 0.429. The van der Waals surface area contributed by atoms with Gasteiger partial charge in [0, 0.05) is 12.0 Å². The van der Waals surface area contributed by atoms with E-state index >= 15 is 0 Å². The monoisotopic (exact) mass is 225 g/mol. The summed E-state index contributed by atoms with van der Waals surface area (Å²) in [4.78, 5) is 9.52. The fourth-order valence-corrected chi connectivity index (χ4v) is 3.18. The van der Waals surface area contributed by atoms with Gasteiger partial charge in [-0.3, -0.25) is 0 Å². The third kappa shape index (κ3) is 1.35. The van der Waals surface area contributed by atoms with Crippen molar-refractivity contribution in [2.24, 2.45) is 0 Å². The highest BCUT2D eigenvalue weighted by molar-refractivity contribution is 5.77. The number of hydrogen-bond acceptors (Lipinski definition) is 3. The molecule has 1 saturated carbocycles. The summed E-state index contributed by atoms with van der Waals surface area (Å²) in [6.45, 7) is 0. The van der Waals surface area contributed by atoms with E-state index in [0.29, 0.717) is 12.0 Å². The van der Waals surface area contributed by atoms with Gasteiger partial charge < -0.3 is 5.32 Å². The molecule has 4 rings (SSSR count). The molecule has 1 aromatic carbocycles. The van der Waals surface area contributed by atoms with E-state index in [0.717, 1.165) is 16.9 Å². The zero-order valence-corrected chi connectivity index (χ0v) is 9.69. The van der Waals surface area contributed by atoms with E-state index < -0.39 is 0 Å². The van der Waals surface area contributed by atoms with Gasteiger partial charge in [0.05, 0.1) is 16.7 Å². The number of aromatic nitrogens is 2. The number of para-hydroxylation sites is 2. The lowest BCUT2D eigenvalue weighted by atomic mass is 9.85. The molecule has 1 N–H and O–H groups in total. The molecular formula is C14H15N3. The Labute approximate surface area is 100 Å². The first-order valence-corrected chi connectivity index (χ1v) is 6.45. The van der Waals surface area contributed by atoms with Crippen molar-refractivity contribution >= 4 is 16.9 Å². The van der Waals surface area contributed by atoms with Crippen LogP contribution in [0, 0.1) is 0 Å². The lowest BCUT2D eigenvalue weighted by Gasteiger charge is -2.24. The maximum Gasteiger partial charge on any atom is 0.149 e. The molecule has 1 aromatic heterocycles. The Hall–Kier alpha value is -1.64. The van der Waals surface area contributed by atoms with E-state index in [2.05, 4.69) is 11.4 Å². The Morgan fingerprint density at radius 3 is 2.65 bits per heavy atom. The molecule has 0 unspecified atom stereocenters. The zero-order chi connectivity index (χ0) is 11.2. The van der Waals surface area contributed by atoms with E-state index in [1.807, 2.05) is 18.2 Å². The average Bonchev–Trinajstić information content (AvgIpc) is 2.73. The third-order valence-corrected chi connectivity index (χ3v) is 4.04. The van der Waals surface area contributed by atoms with Crippen LogP contribution >= 0.6 is 0 Å². The first-order valence-electron chi connectivity index (χ1n) is 6.45. The Bertz CT molecular complexity index is 579. The van der Waals surface area contributed by atoms with Gasteiger partial charge in [-0.1, -0.05) is 25.0 Å². The van der Waals surface area contributed by atoms with Crippen LogP contribution < -0.4 is 5.32 Å². The summed E-state index contributed by atoms with van der Waals surface area (Å²) in [5, 5.41) is 3.55. The molecule has 0 bridgehead atoms. The topological polar surface area (TPSA) is 37.8 Å². The third-order valence-electron chi connectivity index (χ3n) is 4.04. The molecule has 2 heterocycles. The van der Waals surface area contributed by atoms with Crippen molar-refractivity contribution in [1.82, 2.24) is 9.97 Å². The first kappa shape index (κ1) is 9.40. The molecule has 0 radical (unpaired) electrons. The first-order chi connectivity index (χ1) is 8.42. The van der Waals surface area contributed by atoms with Crippen LogP contribution in [0.5, 0.6) is 0 Å². The quantitative estimate of drug-likeness (QED) is 0.748. The largest absolute Gasteiger partial charge is 0.365 e. The number of rotatable bonds is 0. The second-order valence-corrected chi connectivity index (χ2v) is 5.09. The molecule has 3 nitrogen and oxygen atoms in total. The van der Waals surface area contributed by atoms with Gasteiger partial charge in [-0.05, 0) is 25.0 Å². The normalized spacial score (nSPS) is 26.4. The van der Waals surface area contributed by atoms with E-state index in [1.54, 1.807) is 0 Å². The van der Waals surface area contributed by atoms with Gasteiger partial charge in [-0.2, -0.15) is 0 Å². The summed E-state index contributed by atoms with van der Waals surface area (Å²) < 4.78 is 0. The van der Waals surface area contributed by atoms with E-state index in [9.17, 15) is 0 Å². The molecule has 0 saturated heterocycles. The number of fused-ring (bicyclic) bond motifs is 4. The van der Waals surface area contributed by atoms with E-state index in [-0.39, 0.29) is 0 Å². The Balaban J connectivity index is 1.89. The van der Waals surface area contributed by atoms with Crippen molar-refractivity contribution in [2.75, 3.05) is 5.32 Å². The molecule has 3 heteroatoms. The highest BCUT2D eigenvalue weighted by Crippen LogP contribution is 2.42. The van der Waals surface area contributed by atoms with Crippen molar-refractivity contribution in [3.8, 4) is 0 Å². The Kier molecular flexibility index (Phi) is 1.89. The standard InChI is InChI=1S/C14H15N3/c1-2-6-10-9(5-1)13-14(16-10)17-12-8-4-3-7-11(12)15-13/h3-4,7-10H,1-2,5-6H2,(H,16,17)/t9-,10-/m1/s1. The van der Waals surface area contributed by atoms with Crippen LogP contribution in [0.2, 0.25) is 0 Å². The molecule has 1 aliphatic carbocycles. The van der Waals surface area contributed by atoms with Gasteiger partial charge in [0.1, 0.15) is 5.82 Å². The molecule has 2 aromatic rings. The second kappa shape index (κ2) is 3.42. The van der Waals surface area contributed by atoms with Crippen molar-refractivity contribution in [3.05, 3.63) is 30.0 Å². The van der Waals surface area contributed by atoms with E-state index in [1.165, 1.54) is 31.4 Å². The van der Waals surface area contributed by atoms with Crippen LogP contribution in [0.15, 0.2) is 24.3 Å². The van der Waals surface area contributed by atoms with Crippen molar-refractivity contribution in [1.29, 1.82) is 0 Å². The summed E-state index contributed by atoms with van der Waals surface area (Å²) in [6, 6.07) is 8.72. The zero-order valence-electron chi connectivity index (χ0n) is 9.69. The predicted octanol–water partition coefficient (Wildman–Crippen LogP) is 3.08. The fourth-order valence-electron chi connectivity index (χ4n) is 3.18. The SMILES string of the molecule is c1ccc2nc3c(nc2c1)N[C@@H]1CCCC[C@@H]31. The van der Waals surface area contributed by atoms with Crippen LogP contribution in [-0.4, -0.2) is 16.0 Å². The van der Waals surface area contributed by atoms with Gasteiger partial charge in [0.2, 0.25) is 0 Å². The lowest BCUT2D eigenvalue weighted by molar-refractivity contribution is 0.417. The summed E-state index contributed by atoms with van der Waals surface area (Å²) in [6.07, 6.45) is 5.19. The minimum atomic E-state index is 0.579. The maximum atomic E-state index is 4.82. The Morgan fingerprint density at radius 1 is 1.00 bits per heavy atom. The highest BCUT2D eigenvalue weighted by atomic mass is 15.1. The van der Waals surface area contributed by atoms with Crippen molar-refractivity contribution in [3.63, 3.8) is 0 Å². The molecule has 0 amide bonds. The summed E-state index contributed by atoms with van der Waals surface area (Å²) in [5.41, 5.74) is 3.23. The van der Waals surface area contributed by atoms with Crippen LogP contribution in [0.1, 0.15) is 37.3 Å². The molecule has 2 atom stereocenters. The van der Waals surface area contributed by atoms with Gasteiger partial charge in [0.15, 0.2) is 0 Å². The molecule has 1 fully saturated rings. The number of nitrogens with one attached hydrogen (secondary N) is 1. The average molecular weight is 225 g/mol. The molecule has 1 aliphatic heterocycles. The Morgan fingerprint density at radius 2 is 1.76 bits per heavy atom. The number of nitrogens with zero attached hydrogens (tertiary/aromatic N) is 2. The summed E-state index contributed by atoms with van der Waals surface area (Å²) >= 11 is 0. The molecule has 0 spiro atoms. The van der Waals surface area contributed by atoms with Crippen molar-refractivity contribution < 1.29 is 0 Å². The molecular weight excluding hydrogens is 210 g/mol. The summed E-state index contributed by atoms with van der Waals surface area (Å²) in [7, 11) is 0. The smallest absolute Gasteiger partial charge is 0.149 e. The predicted molar refractivity (Wildman–Crippen MR) is 68.2 cm³/mol. The lowest BCUT2D eigenvalue weighted by Crippen LogP contribution is -2.24. The highest BCUT2D eigenvalue weighted by Gasteiger charge is 2.36. The molecule has 86 valence electrons. The van der Waals surface area contributed by atoms with Gasteiger partial charge in [0.25, 0.3) is 0 Å². The van der Waals surface area contributed by atoms with E-state index in [4.69, 9.17) is 9.97 Å². The minimum Gasteiger partial charge on any atom is -0.365 e. The van der Waals surface area contributed by atoms with Crippen molar-refractivity contribution in [2.45, 2.75) is 37.6 Å². The van der Waals surface area contributed by atoms with Gasteiger partial charge >= 0.3 is 0 Å². The summed E-state index contributed by atoms with van der Waals surface area (Å²) in [5.74, 6) is 1.62.